The van der Waals surface area contributed by atoms with Crippen LogP contribution in [0.15, 0.2) is 28.9 Å². The van der Waals surface area contributed by atoms with Crippen molar-refractivity contribution in [2.45, 2.75) is 12.5 Å². The summed E-state index contributed by atoms with van der Waals surface area (Å²) in [5.74, 6) is 1.06. The molecule has 3 rings (SSSR count). The van der Waals surface area contributed by atoms with E-state index < -0.39 is 0 Å². The monoisotopic (exact) mass is 218 g/mol. The highest BCUT2D eigenvalue weighted by Gasteiger charge is 2.29. The fourth-order valence-corrected chi connectivity index (χ4v) is 2.32. The third-order valence-corrected chi connectivity index (χ3v) is 3.06. The first-order valence-electron chi connectivity index (χ1n) is 5.52. The van der Waals surface area contributed by atoms with Crippen molar-refractivity contribution in [2.75, 3.05) is 13.7 Å². The van der Waals surface area contributed by atoms with E-state index in [0.29, 0.717) is 0 Å². The number of furan rings is 1. The molecule has 0 saturated carbocycles. The largest absolute Gasteiger partial charge is 0.494 e. The minimum atomic E-state index is -0.0394. The van der Waals surface area contributed by atoms with Gasteiger partial charge in [0.05, 0.1) is 20.0 Å². The van der Waals surface area contributed by atoms with E-state index in [1.165, 1.54) is 0 Å². The first kappa shape index (κ1) is 9.73. The molecule has 1 aromatic rings. The van der Waals surface area contributed by atoms with Gasteiger partial charge in [-0.05, 0) is 12.5 Å². The summed E-state index contributed by atoms with van der Waals surface area (Å²) in [6.07, 6.45) is 9.14. The Hall–Kier alpha value is -1.48. The minimum Gasteiger partial charge on any atom is -0.494 e. The molecule has 2 aliphatic rings. The molecule has 0 bridgehead atoms. The van der Waals surface area contributed by atoms with Gasteiger partial charge in [-0.1, -0.05) is 18.2 Å². The summed E-state index contributed by atoms with van der Waals surface area (Å²) in [5.41, 5.74) is 0.805. The van der Waals surface area contributed by atoms with Crippen molar-refractivity contribution in [2.24, 2.45) is 5.92 Å². The van der Waals surface area contributed by atoms with Crippen molar-refractivity contribution in [3.63, 3.8) is 0 Å². The zero-order valence-corrected chi connectivity index (χ0v) is 9.18. The molecule has 2 atom stereocenters. The first-order valence-corrected chi connectivity index (χ1v) is 5.52. The molecule has 84 valence electrons. The highest BCUT2D eigenvalue weighted by Crippen LogP contribution is 2.24. The van der Waals surface area contributed by atoms with Crippen molar-refractivity contribution in [1.29, 1.82) is 0 Å². The maximum absolute atomic E-state index is 5.82. The molecule has 0 amide bonds. The molecule has 3 nitrogen and oxygen atoms in total. The van der Waals surface area contributed by atoms with Crippen molar-refractivity contribution in [3.05, 3.63) is 35.1 Å². The molecular weight excluding hydrogens is 204 g/mol. The molecule has 0 aromatic carbocycles. The Kier molecular flexibility index (Phi) is 2.33. The molecule has 0 radical (unpaired) electrons. The van der Waals surface area contributed by atoms with Gasteiger partial charge in [0.15, 0.2) is 11.2 Å². The Morgan fingerprint density at radius 3 is 3.25 bits per heavy atom. The first-order chi connectivity index (χ1) is 7.90. The zero-order valence-electron chi connectivity index (χ0n) is 9.18. The van der Waals surface area contributed by atoms with Crippen molar-refractivity contribution in [3.8, 4) is 0 Å². The molecule has 2 heterocycles. The summed E-state index contributed by atoms with van der Waals surface area (Å²) in [6.45, 7) is 0.731. The second kappa shape index (κ2) is 3.83. The van der Waals surface area contributed by atoms with E-state index in [-0.39, 0.29) is 12.0 Å². The predicted octanol–water partition coefficient (Wildman–Crippen LogP) is 0.790. The predicted molar refractivity (Wildman–Crippen MR) is 59.8 cm³/mol. The van der Waals surface area contributed by atoms with Crippen LogP contribution < -0.4 is 10.6 Å². The second-order valence-electron chi connectivity index (χ2n) is 4.03. The Labute approximate surface area is 93.7 Å². The molecule has 0 fully saturated rings. The van der Waals surface area contributed by atoms with E-state index in [2.05, 4.69) is 18.2 Å². The second-order valence-corrected chi connectivity index (χ2v) is 4.03. The van der Waals surface area contributed by atoms with E-state index in [1.54, 1.807) is 13.4 Å². The standard InChI is InChI=1S/C13H14O3/c1-14-13-11-9(4-2-3-6-15-11)8-10-5-7-16-12(10)13/h2,4-5,7-9,11H,3,6H2,1H3. The van der Waals surface area contributed by atoms with Gasteiger partial charge in [0, 0.05) is 11.1 Å². The maximum atomic E-state index is 5.82. The quantitative estimate of drug-likeness (QED) is 0.653. The lowest BCUT2D eigenvalue weighted by Crippen LogP contribution is -2.38. The van der Waals surface area contributed by atoms with E-state index in [9.17, 15) is 0 Å². The third kappa shape index (κ3) is 1.39. The Morgan fingerprint density at radius 1 is 1.44 bits per heavy atom. The summed E-state index contributed by atoms with van der Waals surface area (Å²) in [6, 6.07) is 1.96. The van der Waals surface area contributed by atoms with Crippen LogP contribution in [0.1, 0.15) is 6.42 Å². The summed E-state index contributed by atoms with van der Waals surface area (Å²) in [7, 11) is 1.67. The van der Waals surface area contributed by atoms with E-state index in [0.717, 1.165) is 29.4 Å². The number of hydrogen-bond donors (Lipinski definition) is 0. The SMILES string of the molecule is COC1=c2occc2=CC2C=CCCOC12. The lowest BCUT2D eigenvalue weighted by molar-refractivity contribution is 0.0604. The van der Waals surface area contributed by atoms with Crippen LogP contribution in [0.3, 0.4) is 0 Å². The zero-order chi connectivity index (χ0) is 11.0. The Morgan fingerprint density at radius 2 is 2.38 bits per heavy atom. The van der Waals surface area contributed by atoms with E-state index in [4.69, 9.17) is 13.9 Å². The van der Waals surface area contributed by atoms with Crippen LogP contribution in [0, 0.1) is 5.92 Å². The van der Waals surface area contributed by atoms with Crippen LogP contribution in [0.2, 0.25) is 0 Å². The van der Waals surface area contributed by atoms with Crippen LogP contribution in [0.25, 0.3) is 11.8 Å². The number of rotatable bonds is 1. The van der Waals surface area contributed by atoms with Gasteiger partial charge < -0.3 is 13.9 Å². The Balaban J connectivity index is 2.20. The lowest BCUT2D eigenvalue weighted by atomic mass is 9.95. The lowest BCUT2D eigenvalue weighted by Gasteiger charge is -2.24. The van der Waals surface area contributed by atoms with Gasteiger partial charge in [0.25, 0.3) is 0 Å². The van der Waals surface area contributed by atoms with E-state index >= 15 is 0 Å². The smallest absolute Gasteiger partial charge is 0.173 e. The molecule has 0 spiro atoms. The van der Waals surface area contributed by atoms with Crippen molar-refractivity contribution >= 4 is 11.8 Å². The summed E-state index contributed by atoms with van der Waals surface area (Å²) < 4.78 is 16.7. The van der Waals surface area contributed by atoms with Crippen molar-refractivity contribution in [1.82, 2.24) is 0 Å². The number of methoxy groups -OCH3 is 1. The van der Waals surface area contributed by atoms with Crippen LogP contribution in [0.4, 0.5) is 0 Å². The highest BCUT2D eigenvalue weighted by molar-refractivity contribution is 5.52. The summed E-state index contributed by atoms with van der Waals surface area (Å²) in [4.78, 5) is 0. The highest BCUT2D eigenvalue weighted by atomic mass is 16.5. The molecule has 1 aromatic heterocycles. The third-order valence-electron chi connectivity index (χ3n) is 3.06. The van der Waals surface area contributed by atoms with Gasteiger partial charge in [-0.15, -0.1) is 0 Å². The van der Waals surface area contributed by atoms with E-state index in [1.807, 2.05) is 6.07 Å². The molecule has 1 aliphatic carbocycles. The average Bonchev–Trinajstić information content (AvgIpc) is 2.63. The van der Waals surface area contributed by atoms with Gasteiger partial charge in [0.2, 0.25) is 0 Å². The molecule has 2 unspecified atom stereocenters. The van der Waals surface area contributed by atoms with Gasteiger partial charge >= 0.3 is 0 Å². The molecule has 1 aliphatic heterocycles. The number of fused-ring (bicyclic) bond motifs is 2. The van der Waals surface area contributed by atoms with Crippen LogP contribution in [-0.4, -0.2) is 19.8 Å². The fraction of sp³-hybridized carbons (Fsp3) is 0.385. The molecule has 0 N–H and O–H groups in total. The molecule has 16 heavy (non-hydrogen) atoms. The Bertz CT molecular complexity index is 524. The average molecular weight is 218 g/mol. The maximum Gasteiger partial charge on any atom is 0.173 e. The van der Waals surface area contributed by atoms with Gasteiger partial charge in [-0.3, -0.25) is 0 Å². The van der Waals surface area contributed by atoms with Gasteiger partial charge in [-0.25, -0.2) is 0 Å². The normalized spacial score (nSPS) is 27.7. The summed E-state index contributed by atoms with van der Waals surface area (Å²) in [5, 5.41) is 1.09. The fourth-order valence-electron chi connectivity index (χ4n) is 2.32. The van der Waals surface area contributed by atoms with Crippen LogP contribution in [-0.2, 0) is 9.47 Å². The van der Waals surface area contributed by atoms with Crippen molar-refractivity contribution < 1.29 is 13.9 Å². The minimum absolute atomic E-state index is 0.0394. The van der Waals surface area contributed by atoms with Crippen LogP contribution >= 0.6 is 0 Å². The van der Waals surface area contributed by atoms with Gasteiger partial charge in [0.1, 0.15) is 6.10 Å². The molecular formula is C13H14O3. The van der Waals surface area contributed by atoms with Crippen LogP contribution in [0.5, 0.6) is 0 Å². The van der Waals surface area contributed by atoms with Gasteiger partial charge in [-0.2, -0.15) is 0 Å². The number of ether oxygens (including phenoxy) is 2. The topological polar surface area (TPSA) is 31.6 Å². The molecule has 3 heteroatoms. The summed E-state index contributed by atoms with van der Waals surface area (Å²) >= 11 is 0. The molecule has 0 saturated heterocycles. The number of hydrogen-bond acceptors (Lipinski definition) is 3.